The van der Waals surface area contributed by atoms with E-state index in [1.165, 1.54) is 38.5 Å². The number of ether oxygens (including phenoxy) is 1. The highest BCUT2D eigenvalue weighted by Crippen LogP contribution is 2.89. The number of fused-ring (bicyclic) bond motifs is 4. The first-order chi connectivity index (χ1) is 14.1. The van der Waals surface area contributed by atoms with Crippen LogP contribution in [0.4, 0.5) is 0 Å². The van der Waals surface area contributed by atoms with Gasteiger partial charge in [-0.1, -0.05) is 20.8 Å². The number of hydrogen-bond donors (Lipinski definition) is 1. The topological polar surface area (TPSA) is 49.8 Å². The Labute approximate surface area is 182 Å². The van der Waals surface area contributed by atoms with E-state index in [2.05, 4.69) is 32.7 Å². The van der Waals surface area contributed by atoms with Crippen molar-refractivity contribution in [3.8, 4) is 0 Å². The zero-order valence-corrected chi connectivity index (χ0v) is 19.7. The zero-order chi connectivity index (χ0) is 21.3. The fraction of sp³-hybridized carbons (Fsp3) is 0.962. The third kappa shape index (κ3) is 1.96. The molecule has 5 aliphatic carbocycles. The smallest absolute Gasteiger partial charge is 0.136 e. The number of nitrogens with zero attached hydrogens (tertiary/aromatic N) is 1. The second-order valence-electron chi connectivity index (χ2n) is 13.2. The van der Waals surface area contributed by atoms with Gasteiger partial charge in [-0.15, -0.1) is 0 Å². The van der Waals surface area contributed by atoms with E-state index in [4.69, 9.17) is 4.74 Å². The molecule has 0 radical (unpaired) electrons. The molecular weight excluding hydrogens is 374 g/mol. The third-order valence-corrected chi connectivity index (χ3v) is 12.5. The molecule has 1 N–H and O–H groups in total. The van der Waals surface area contributed by atoms with Gasteiger partial charge in [-0.05, 0) is 98.8 Å². The molecular formula is C26H41NO3. The maximum absolute atomic E-state index is 12.6. The van der Waals surface area contributed by atoms with Crippen molar-refractivity contribution in [2.45, 2.75) is 91.2 Å². The SMILES string of the molecule is CC(=O)[C@H]1[C@H](O)C[C@@]2(C)[C@@H]3CC[C@@H]4[C@@]5(CCC6N(C)COC[C@@]64C)C[C@@]35CC[C@]12C. The molecule has 2 spiro atoms. The fourth-order valence-electron chi connectivity index (χ4n) is 11.4. The molecule has 10 atom stereocenters. The Morgan fingerprint density at radius 1 is 1.00 bits per heavy atom. The summed E-state index contributed by atoms with van der Waals surface area (Å²) >= 11 is 0. The van der Waals surface area contributed by atoms with Gasteiger partial charge in [0.2, 0.25) is 0 Å². The number of carbonyl (C=O) groups is 1. The molecule has 6 fully saturated rings. The monoisotopic (exact) mass is 415 g/mol. The summed E-state index contributed by atoms with van der Waals surface area (Å²) in [6.07, 6.45) is 9.44. The summed E-state index contributed by atoms with van der Waals surface area (Å²) in [5, 5.41) is 11.0. The van der Waals surface area contributed by atoms with Crippen LogP contribution < -0.4 is 0 Å². The molecule has 0 amide bonds. The maximum atomic E-state index is 12.6. The second-order valence-corrected chi connectivity index (χ2v) is 13.2. The molecule has 4 nitrogen and oxygen atoms in total. The number of rotatable bonds is 1. The highest BCUT2D eigenvalue weighted by Gasteiger charge is 2.83. The molecule has 0 aromatic heterocycles. The van der Waals surface area contributed by atoms with Crippen LogP contribution in [0.5, 0.6) is 0 Å². The molecule has 1 saturated heterocycles. The van der Waals surface area contributed by atoms with Crippen LogP contribution in [0.25, 0.3) is 0 Å². The van der Waals surface area contributed by atoms with Gasteiger partial charge in [-0.25, -0.2) is 0 Å². The van der Waals surface area contributed by atoms with Gasteiger partial charge in [-0.3, -0.25) is 9.69 Å². The lowest BCUT2D eigenvalue weighted by Crippen LogP contribution is -2.63. The zero-order valence-electron chi connectivity index (χ0n) is 19.7. The molecule has 6 aliphatic rings. The Hall–Kier alpha value is -0.450. The highest BCUT2D eigenvalue weighted by molar-refractivity contribution is 5.80. The second kappa shape index (κ2) is 5.72. The van der Waals surface area contributed by atoms with E-state index in [0.717, 1.165) is 32.1 Å². The van der Waals surface area contributed by atoms with Gasteiger partial charge in [-0.2, -0.15) is 0 Å². The number of aliphatic hydroxyl groups excluding tert-OH is 1. The van der Waals surface area contributed by atoms with Crippen molar-refractivity contribution in [1.82, 2.24) is 4.90 Å². The number of ketones is 1. The van der Waals surface area contributed by atoms with Crippen LogP contribution in [-0.4, -0.2) is 48.3 Å². The van der Waals surface area contributed by atoms with Gasteiger partial charge in [0, 0.05) is 17.4 Å². The van der Waals surface area contributed by atoms with Crippen LogP contribution >= 0.6 is 0 Å². The average Bonchev–Trinajstić information content (AvgIpc) is 3.26. The predicted molar refractivity (Wildman–Crippen MR) is 116 cm³/mol. The quantitative estimate of drug-likeness (QED) is 0.695. The molecule has 168 valence electrons. The van der Waals surface area contributed by atoms with Crippen molar-refractivity contribution in [2.75, 3.05) is 20.4 Å². The van der Waals surface area contributed by atoms with Gasteiger partial charge >= 0.3 is 0 Å². The largest absolute Gasteiger partial charge is 0.392 e. The van der Waals surface area contributed by atoms with Crippen molar-refractivity contribution < 1.29 is 14.6 Å². The van der Waals surface area contributed by atoms with Crippen molar-refractivity contribution >= 4 is 5.78 Å². The van der Waals surface area contributed by atoms with Gasteiger partial charge in [0.1, 0.15) is 5.78 Å². The van der Waals surface area contributed by atoms with Gasteiger partial charge in [0.25, 0.3) is 0 Å². The average molecular weight is 416 g/mol. The van der Waals surface area contributed by atoms with E-state index in [9.17, 15) is 9.90 Å². The van der Waals surface area contributed by atoms with Crippen LogP contribution in [-0.2, 0) is 9.53 Å². The van der Waals surface area contributed by atoms with Crippen molar-refractivity contribution in [1.29, 1.82) is 0 Å². The van der Waals surface area contributed by atoms with E-state index in [1.54, 1.807) is 6.92 Å². The first kappa shape index (κ1) is 20.2. The fourth-order valence-corrected chi connectivity index (χ4v) is 11.4. The van der Waals surface area contributed by atoms with E-state index >= 15 is 0 Å². The van der Waals surface area contributed by atoms with Crippen molar-refractivity contribution in [2.24, 2.45) is 44.8 Å². The van der Waals surface area contributed by atoms with Crippen LogP contribution in [0.3, 0.4) is 0 Å². The van der Waals surface area contributed by atoms with E-state index < -0.39 is 6.10 Å². The lowest BCUT2D eigenvalue weighted by molar-refractivity contribution is -0.202. The molecule has 0 bridgehead atoms. The van der Waals surface area contributed by atoms with Crippen LogP contribution in [0, 0.1) is 44.8 Å². The Kier molecular flexibility index (Phi) is 3.85. The standard InChI is InChI=1S/C26H41NO3/c1-16(28)21-17(29)12-24(4)19-7-6-18-22(2)14-30-15-27(5)20(22)8-9-25(18)13-26(19,25)11-10-23(21,24)3/h17-21,29H,6-15H2,1-5H3/t17-,18+,19+,20?,21+,22-,23-,24+,25-,26+/m1/s1. The van der Waals surface area contributed by atoms with Gasteiger partial charge < -0.3 is 9.84 Å². The number of carbonyl (C=O) groups excluding carboxylic acids is 1. The van der Waals surface area contributed by atoms with E-state index in [0.29, 0.717) is 22.8 Å². The van der Waals surface area contributed by atoms with Crippen LogP contribution in [0.15, 0.2) is 0 Å². The van der Waals surface area contributed by atoms with Gasteiger partial charge in [0.05, 0.1) is 19.4 Å². The number of aliphatic hydroxyl groups is 1. The Balaban J connectivity index is 1.39. The molecule has 5 saturated carbocycles. The summed E-state index contributed by atoms with van der Waals surface area (Å²) in [5.41, 5.74) is 1.28. The van der Waals surface area contributed by atoms with Crippen molar-refractivity contribution in [3.63, 3.8) is 0 Å². The summed E-state index contributed by atoms with van der Waals surface area (Å²) in [6, 6.07) is 0.663. The molecule has 1 heterocycles. The van der Waals surface area contributed by atoms with E-state index in [1.807, 2.05) is 0 Å². The summed E-state index contributed by atoms with van der Waals surface area (Å²) in [5.74, 6) is 1.48. The summed E-state index contributed by atoms with van der Waals surface area (Å²) in [4.78, 5) is 15.1. The molecule has 1 unspecified atom stereocenters. The Morgan fingerprint density at radius 2 is 1.70 bits per heavy atom. The lowest BCUT2D eigenvalue weighted by Gasteiger charge is -2.64. The first-order valence-electron chi connectivity index (χ1n) is 12.5. The first-order valence-corrected chi connectivity index (χ1v) is 12.5. The molecule has 0 aromatic rings. The Bertz CT molecular complexity index is 799. The Morgan fingerprint density at radius 3 is 2.43 bits per heavy atom. The van der Waals surface area contributed by atoms with E-state index in [-0.39, 0.29) is 27.9 Å². The minimum atomic E-state index is -0.450. The van der Waals surface area contributed by atoms with Crippen LogP contribution in [0.1, 0.15) is 79.1 Å². The predicted octanol–water partition coefficient (Wildman–Crippen LogP) is 4.25. The molecule has 4 heteroatoms. The van der Waals surface area contributed by atoms with Crippen molar-refractivity contribution in [3.05, 3.63) is 0 Å². The summed E-state index contributed by atoms with van der Waals surface area (Å²) in [7, 11) is 2.25. The minimum Gasteiger partial charge on any atom is -0.392 e. The lowest BCUT2D eigenvalue weighted by atomic mass is 9.41. The molecule has 1 aliphatic heterocycles. The van der Waals surface area contributed by atoms with Crippen LogP contribution in [0.2, 0.25) is 0 Å². The summed E-state index contributed by atoms with van der Waals surface area (Å²) < 4.78 is 6.12. The molecule has 30 heavy (non-hydrogen) atoms. The molecule has 6 rings (SSSR count). The molecule has 0 aromatic carbocycles. The maximum Gasteiger partial charge on any atom is 0.136 e. The number of Topliss-reactive ketones (excluding diaryl/α,β-unsaturated/α-hetero) is 1. The number of hydrogen-bond acceptors (Lipinski definition) is 4. The normalized spacial score (nSPS) is 61.9. The minimum absolute atomic E-state index is 0.0416. The van der Waals surface area contributed by atoms with Gasteiger partial charge in [0.15, 0.2) is 0 Å². The summed E-state index contributed by atoms with van der Waals surface area (Å²) in [6.45, 7) is 10.8. The highest BCUT2D eigenvalue weighted by atomic mass is 16.5. The third-order valence-electron chi connectivity index (χ3n) is 12.5.